The summed E-state index contributed by atoms with van der Waals surface area (Å²) in [4.78, 5) is 0. The van der Waals surface area contributed by atoms with Crippen molar-refractivity contribution in [1.82, 2.24) is 5.32 Å². The highest BCUT2D eigenvalue weighted by Crippen LogP contribution is 2.36. The smallest absolute Gasteiger partial charge is 0.194 e. The summed E-state index contributed by atoms with van der Waals surface area (Å²) < 4.78 is 39.3. The lowest BCUT2D eigenvalue weighted by Crippen LogP contribution is -2.32. The van der Waals surface area contributed by atoms with E-state index in [1.165, 1.54) is 12.8 Å². The Kier molecular flexibility index (Phi) is 4.47. The Labute approximate surface area is 111 Å². The monoisotopic (exact) mass is 272 g/mol. The molecule has 2 nitrogen and oxygen atoms in total. The fourth-order valence-corrected chi connectivity index (χ4v) is 2.27. The summed E-state index contributed by atoms with van der Waals surface area (Å²) in [6.07, 6.45) is 2.49. The molecule has 1 aliphatic carbocycles. The maximum Gasteiger partial charge on any atom is 0.194 e. The largest absolute Gasteiger partial charge is 0.329 e. The summed E-state index contributed by atoms with van der Waals surface area (Å²) in [5.74, 6) is -2.53. The molecule has 0 bridgehead atoms. The van der Waals surface area contributed by atoms with Gasteiger partial charge in [0.15, 0.2) is 17.5 Å². The molecule has 1 aromatic rings. The molecule has 106 valence electrons. The minimum atomic E-state index is -1.44. The van der Waals surface area contributed by atoms with Gasteiger partial charge in [-0.05, 0) is 48.9 Å². The first kappa shape index (κ1) is 14.3. The van der Waals surface area contributed by atoms with Crippen LogP contribution in [-0.4, -0.2) is 13.1 Å². The molecular formula is C14H19F3N2. The van der Waals surface area contributed by atoms with Crippen molar-refractivity contribution in [2.45, 2.75) is 25.8 Å². The maximum atomic E-state index is 13.2. The molecule has 3 N–H and O–H groups in total. The first-order valence-corrected chi connectivity index (χ1v) is 6.60. The van der Waals surface area contributed by atoms with Crippen LogP contribution in [0, 0.1) is 29.3 Å². The molecule has 1 aromatic carbocycles. The van der Waals surface area contributed by atoms with E-state index in [-0.39, 0.29) is 12.6 Å². The molecule has 2 atom stereocenters. The zero-order valence-corrected chi connectivity index (χ0v) is 10.9. The lowest BCUT2D eigenvalue weighted by atomic mass is 10.0. The Balaban J connectivity index is 2.03. The van der Waals surface area contributed by atoms with Gasteiger partial charge in [-0.3, -0.25) is 0 Å². The molecule has 19 heavy (non-hydrogen) atoms. The summed E-state index contributed by atoms with van der Waals surface area (Å²) >= 11 is 0. The van der Waals surface area contributed by atoms with Crippen molar-refractivity contribution in [2.24, 2.45) is 17.6 Å². The molecule has 0 aromatic heterocycles. The fraction of sp³-hybridized carbons (Fsp3) is 0.571. The normalized spacial score (nSPS) is 18.4. The molecule has 0 aliphatic heterocycles. The van der Waals surface area contributed by atoms with Gasteiger partial charge in [0.2, 0.25) is 0 Å². The summed E-state index contributed by atoms with van der Waals surface area (Å²) in [5, 5.41) is 3.20. The molecule has 0 radical (unpaired) electrons. The molecule has 0 saturated heterocycles. The number of benzene rings is 1. The van der Waals surface area contributed by atoms with Crippen molar-refractivity contribution < 1.29 is 13.2 Å². The third-order valence-electron chi connectivity index (χ3n) is 3.76. The third-order valence-corrected chi connectivity index (χ3v) is 3.76. The van der Waals surface area contributed by atoms with Gasteiger partial charge in [0, 0.05) is 12.6 Å². The van der Waals surface area contributed by atoms with Gasteiger partial charge >= 0.3 is 0 Å². The van der Waals surface area contributed by atoms with E-state index in [1.54, 1.807) is 0 Å². The van der Waals surface area contributed by atoms with Crippen molar-refractivity contribution in [3.05, 3.63) is 35.1 Å². The van der Waals surface area contributed by atoms with Gasteiger partial charge in [0.1, 0.15) is 0 Å². The number of halogens is 3. The van der Waals surface area contributed by atoms with Crippen LogP contribution in [0.15, 0.2) is 12.1 Å². The van der Waals surface area contributed by atoms with Crippen LogP contribution < -0.4 is 11.1 Å². The van der Waals surface area contributed by atoms with Gasteiger partial charge in [0.25, 0.3) is 0 Å². The van der Waals surface area contributed by atoms with Gasteiger partial charge in [-0.25, -0.2) is 13.2 Å². The van der Waals surface area contributed by atoms with Gasteiger partial charge < -0.3 is 11.1 Å². The van der Waals surface area contributed by atoms with E-state index in [4.69, 9.17) is 5.73 Å². The van der Waals surface area contributed by atoms with Crippen LogP contribution in [0.1, 0.15) is 31.4 Å². The number of rotatable bonds is 6. The van der Waals surface area contributed by atoms with Crippen LogP contribution >= 0.6 is 0 Å². The van der Waals surface area contributed by atoms with E-state index in [1.807, 2.05) is 0 Å². The van der Waals surface area contributed by atoms with Crippen molar-refractivity contribution in [3.63, 3.8) is 0 Å². The SMILES string of the molecule is CC(CNC(CN)c1cc(F)c(F)c(F)c1)C1CC1. The summed E-state index contributed by atoms with van der Waals surface area (Å²) in [6.45, 7) is 3.10. The highest BCUT2D eigenvalue weighted by atomic mass is 19.2. The second kappa shape index (κ2) is 5.92. The Hall–Kier alpha value is -1.07. The van der Waals surface area contributed by atoms with Crippen molar-refractivity contribution in [2.75, 3.05) is 13.1 Å². The fourth-order valence-electron chi connectivity index (χ4n) is 2.27. The number of hydrogen-bond donors (Lipinski definition) is 2. The Bertz CT molecular complexity index is 423. The third kappa shape index (κ3) is 3.48. The number of nitrogens with two attached hydrogens (primary N) is 1. The van der Waals surface area contributed by atoms with E-state index in [9.17, 15) is 13.2 Å². The predicted molar refractivity (Wildman–Crippen MR) is 68.0 cm³/mol. The van der Waals surface area contributed by atoms with Crippen LogP contribution in [0.2, 0.25) is 0 Å². The zero-order valence-electron chi connectivity index (χ0n) is 10.9. The van der Waals surface area contributed by atoms with E-state index in [2.05, 4.69) is 12.2 Å². The molecule has 0 amide bonds. The summed E-state index contributed by atoms with van der Waals surface area (Å²) in [5.41, 5.74) is 5.97. The first-order chi connectivity index (χ1) is 9.02. The highest BCUT2D eigenvalue weighted by Gasteiger charge is 2.28. The quantitative estimate of drug-likeness (QED) is 0.781. The lowest BCUT2D eigenvalue weighted by molar-refractivity contribution is 0.413. The van der Waals surface area contributed by atoms with E-state index >= 15 is 0 Å². The van der Waals surface area contributed by atoms with Gasteiger partial charge in [-0.1, -0.05) is 6.92 Å². The molecule has 2 rings (SSSR count). The highest BCUT2D eigenvalue weighted by molar-refractivity contribution is 5.23. The Morgan fingerprint density at radius 2 is 1.84 bits per heavy atom. The Morgan fingerprint density at radius 1 is 1.26 bits per heavy atom. The number of nitrogens with one attached hydrogen (secondary N) is 1. The second-order valence-electron chi connectivity index (χ2n) is 5.31. The van der Waals surface area contributed by atoms with Gasteiger partial charge in [-0.15, -0.1) is 0 Å². The average Bonchev–Trinajstić information content (AvgIpc) is 3.20. The molecule has 1 fully saturated rings. The lowest BCUT2D eigenvalue weighted by Gasteiger charge is -2.20. The van der Waals surface area contributed by atoms with Crippen LogP contribution in [0.5, 0.6) is 0 Å². The second-order valence-corrected chi connectivity index (χ2v) is 5.31. The van der Waals surface area contributed by atoms with E-state index in [0.29, 0.717) is 11.5 Å². The minimum Gasteiger partial charge on any atom is -0.329 e. The molecule has 0 heterocycles. The molecule has 2 unspecified atom stereocenters. The summed E-state index contributed by atoms with van der Waals surface area (Å²) in [6, 6.07) is 1.65. The molecule has 1 saturated carbocycles. The topological polar surface area (TPSA) is 38.0 Å². The van der Waals surface area contributed by atoms with E-state index < -0.39 is 17.5 Å². The van der Waals surface area contributed by atoms with Crippen molar-refractivity contribution >= 4 is 0 Å². The van der Waals surface area contributed by atoms with Crippen LogP contribution in [0.4, 0.5) is 13.2 Å². The van der Waals surface area contributed by atoms with Gasteiger partial charge in [0.05, 0.1) is 0 Å². The molecular weight excluding hydrogens is 253 g/mol. The van der Waals surface area contributed by atoms with Crippen LogP contribution in [-0.2, 0) is 0 Å². The average molecular weight is 272 g/mol. The van der Waals surface area contributed by atoms with Crippen LogP contribution in [0.3, 0.4) is 0 Å². The maximum absolute atomic E-state index is 13.2. The van der Waals surface area contributed by atoms with Crippen LogP contribution in [0.25, 0.3) is 0 Å². The summed E-state index contributed by atoms with van der Waals surface area (Å²) in [7, 11) is 0. The zero-order chi connectivity index (χ0) is 14.0. The molecule has 1 aliphatic rings. The van der Waals surface area contributed by atoms with E-state index in [0.717, 1.165) is 24.6 Å². The first-order valence-electron chi connectivity index (χ1n) is 6.60. The van der Waals surface area contributed by atoms with Crippen molar-refractivity contribution in [3.8, 4) is 0 Å². The molecule has 5 heteroatoms. The standard InChI is InChI=1S/C14H19F3N2/c1-8(9-2-3-9)7-19-13(6-18)10-4-11(15)14(17)12(16)5-10/h4-5,8-9,13,19H,2-3,6-7,18H2,1H3. The predicted octanol–water partition coefficient (Wildman–Crippen LogP) is 2.74. The minimum absolute atomic E-state index is 0.210. The number of hydrogen-bond acceptors (Lipinski definition) is 2. The molecule has 0 spiro atoms. The van der Waals surface area contributed by atoms with Crippen molar-refractivity contribution in [1.29, 1.82) is 0 Å². The Morgan fingerprint density at radius 3 is 2.32 bits per heavy atom. The van der Waals surface area contributed by atoms with Gasteiger partial charge in [-0.2, -0.15) is 0 Å².